The molecule has 1 saturated heterocycles. The van der Waals surface area contributed by atoms with Gasteiger partial charge < -0.3 is 15.7 Å². The van der Waals surface area contributed by atoms with Gasteiger partial charge in [-0.05, 0) is 66.6 Å². The second-order valence-corrected chi connectivity index (χ2v) is 7.90. The van der Waals surface area contributed by atoms with Crippen molar-refractivity contribution in [1.29, 1.82) is 0 Å². The molecule has 4 rings (SSSR count). The zero-order valence-electron chi connectivity index (χ0n) is 16.4. The topological polar surface area (TPSA) is 61.4 Å². The number of hydrogen-bond donors (Lipinski definition) is 3. The minimum absolute atomic E-state index is 0.0116. The van der Waals surface area contributed by atoms with Crippen molar-refractivity contribution in [3.05, 3.63) is 77.1 Å². The summed E-state index contributed by atoms with van der Waals surface area (Å²) in [6, 6.07) is 14.2. The Labute approximate surface area is 170 Å². The van der Waals surface area contributed by atoms with Crippen LogP contribution in [0.25, 0.3) is 5.57 Å². The summed E-state index contributed by atoms with van der Waals surface area (Å²) in [7, 11) is 0. The molecule has 0 saturated carbocycles. The Bertz CT molecular complexity index is 877. The number of amides is 1. The van der Waals surface area contributed by atoms with Crippen LogP contribution in [-0.2, 0) is 0 Å². The van der Waals surface area contributed by atoms with Gasteiger partial charge in [-0.1, -0.05) is 30.3 Å². The van der Waals surface area contributed by atoms with Crippen molar-refractivity contribution in [2.75, 3.05) is 13.2 Å². The van der Waals surface area contributed by atoms with E-state index in [9.17, 15) is 14.3 Å². The van der Waals surface area contributed by atoms with Gasteiger partial charge in [0, 0.05) is 30.1 Å². The molecule has 152 valence electrons. The lowest BCUT2D eigenvalue weighted by molar-refractivity contribution is 0.0910. The Morgan fingerprint density at radius 3 is 2.48 bits per heavy atom. The van der Waals surface area contributed by atoms with Crippen molar-refractivity contribution in [2.45, 2.75) is 43.7 Å². The van der Waals surface area contributed by atoms with Crippen LogP contribution in [0.15, 0.2) is 54.6 Å². The maximum atomic E-state index is 13.0. The number of aliphatic hydroxyl groups excluding tert-OH is 1. The van der Waals surface area contributed by atoms with Crippen LogP contribution < -0.4 is 10.6 Å². The van der Waals surface area contributed by atoms with Crippen LogP contribution >= 0.6 is 0 Å². The number of aliphatic hydroxyl groups is 1. The van der Waals surface area contributed by atoms with Crippen molar-refractivity contribution in [3.63, 3.8) is 0 Å². The molecule has 0 radical (unpaired) electrons. The molecule has 1 aliphatic heterocycles. The van der Waals surface area contributed by atoms with Gasteiger partial charge in [0.2, 0.25) is 0 Å². The molecular weight excluding hydrogens is 367 g/mol. The van der Waals surface area contributed by atoms with Crippen molar-refractivity contribution in [2.24, 2.45) is 0 Å². The monoisotopic (exact) mass is 394 g/mol. The van der Waals surface area contributed by atoms with Crippen LogP contribution in [0.3, 0.4) is 0 Å². The maximum absolute atomic E-state index is 13.0. The normalized spacial score (nSPS) is 23.8. The summed E-state index contributed by atoms with van der Waals surface area (Å²) in [5, 5.41) is 15.9. The van der Waals surface area contributed by atoms with E-state index in [-0.39, 0.29) is 36.3 Å². The van der Waals surface area contributed by atoms with Gasteiger partial charge in [0.05, 0.1) is 6.61 Å². The second kappa shape index (κ2) is 8.89. The molecule has 2 aliphatic rings. The lowest BCUT2D eigenvalue weighted by Crippen LogP contribution is -2.64. The van der Waals surface area contributed by atoms with E-state index >= 15 is 0 Å². The van der Waals surface area contributed by atoms with Gasteiger partial charge >= 0.3 is 0 Å². The highest BCUT2D eigenvalue weighted by atomic mass is 19.1. The van der Waals surface area contributed by atoms with E-state index in [1.165, 1.54) is 53.8 Å². The fourth-order valence-electron chi connectivity index (χ4n) is 4.39. The standard InChI is InChI=1S/C24H27FN2O2/c25-20-12-10-19(11-13-20)24(29)26-14-21-23(22(15-28)27-21)18-8-6-17(7-9-18)16-4-2-1-3-5-16/h4,6-13,21-23,27-28H,1-3,5,14-15H2,(H,26,29)/t21-,22-,23-/m1/s1. The largest absolute Gasteiger partial charge is 0.395 e. The first-order valence-corrected chi connectivity index (χ1v) is 10.4. The van der Waals surface area contributed by atoms with Gasteiger partial charge in [0.1, 0.15) is 5.82 Å². The van der Waals surface area contributed by atoms with Crippen molar-refractivity contribution < 1.29 is 14.3 Å². The highest BCUT2D eigenvalue weighted by Gasteiger charge is 2.40. The molecule has 29 heavy (non-hydrogen) atoms. The Kier molecular flexibility index (Phi) is 6.07. The summed E-state index contributed by atoms with van der Waals surface area (Å²) < 4.78 is 13.0. The molecular formula is C24H27FN2O2. The number of carbonyl (C=O) groups is 1. The van der Waals surface area contributed by atoms with Crippen LogP contribution in [0.1, 0.15) is 53.1 Å². The molecule has 1 heterocycles. The average molecular weight is 394 g/mol. The first-order chi connectivity index (χ1) is 14.2. The second-order valence-electron chi connectivity index (χ2n) is 7.90. The molecule has 1 aliphatic carbocycles. The number of benzene rings is 2. The number of nitrogens with one attached hydrogen (secondary N) is 2. The lowest BCUT2D eigenvalue weighted by Gasteiger charge is -2.46. The summed E-state index contributed by atoms with van der Waals surface area (Å²) >= 11 is 0. The SMILES string of the molecule is O=C(NC[C@H]1N[C@H](CO)[C@@H]1c1ccc(C2=CCCCC2)cc1)c1ccc(F)cc1. The van der Waals surface area contributed by atoms with Crippen LogP contribution in [0.4, 0.5) is 4.39 Å². The van der Waals surface area contributed by atoms with E-state index in [0.29, 0.717) is 12.1 Å². The van der Waals surface area contributed by atoms with Crippen molar-refractivity contribution >= 4 is 11.5 Å². The third-order valence-electron chi connectivity index (χ3n) is 6.04. The third kappa shape index (κ3) is 4.41. The van der Waals surface area contributed by atoms with Crippen LogP contribution in [0, 0.1) is 5.82 Å². The van der Waals surface area contributed by atoms with E-state index in [2.05, 4.69) is 41.0 Å². The summed E-state index contributed by atoms with van der Waals surface area (Å²) in [5.41, 5.74) is 4.31. The number of rotatable bonds is 6. The Hall–Kier alpha value is -2.50. The van der Waals surface area contributed by atoms with E-state index in [0.717, 1.165) is 12.8 Å². The number of halogens is 1. The molecule has 5 heteroatoms. The predicted molar refractivity (Wildman–Crippen MR) is 112 cm³/mol. The molecule has 1 fully saturated rings. The van der Waals surface area contributed by atoms with Gasteiger partial charge in [0.25, 0.3) is 5.91 Å². The van der Waals surface area contributed by atoms with E-state index in [1.807, 2.05) is 0 Å². The van der Waals surface area contributed by atoms with E-state index in [4.69, 9.17) is 0 Å². The van der Waals surface area contributed by atoms with Crippen LogP contribution in [0.2, 0.25) is 0 Å². The Balaban J connectivity index is 1.40. The smallest absolute Gasteiger partial charge is 0.251 e. The maximum Gasteiger partial charge on any atom is 0.251 e. The molecule has 1 amide bonds. The lowest BCUT2D eigenvalue weighted by atomic mass is 9.77. The first kappa shape index (κ1) is 19.8. The number of allylic oxidation sites excluding steroid dienone is 2. The molecule has 0 aromatic heterocycles. The highest BCUT2D eigenvalue weighted by Crippen LogP contribution is 2.34. The fraction of sp³-hybridized carbons (Fsp3) is 0.375. The number of hydrogen-bond acceptors (Lipinski definition) is 3. The van der Waals surface area contributed by atoms with Gasteiger partial charge in [-0.3, -0.25) is 4.79 Å². The summed E-state index contributed by atoms with van der Waals surface area (Å²) in [6.07, 6.45) is 7.17. The highest BCUT2D eigenvalue weighted by molar-refractivity contribution is 5.94. The zero-order chi connectivity index (χ0) is 20.2. The third-order valence-corrected chi connectivity index (χ3v) is 6.04. The summed E-state index contributed by atoms with van der Waals surface area (Å²) in [6.45, 7) is 0.504. The van der Waals surface area contributed by atoms with Crippen LogP contribution in [0.5, 0.6) is 0 Å². The molecule has 0 unspecified atom stereocenters. The molecule has 3 atom stereocenters. The Morgan fingerprint density at radius 1 is 1.07 bits per heavy atom. The molecule has 4 nitrogen and oxygen atoms in total. The van der Waals surface area contributed by atoms with Crippen molar-refractivity contribution in [3.8, 4) is 0 Å². The van der Waals surface area contributed by atoms with E-state index < -0.39 is 0 Å². The summed E-state index contributed by atoms with van der Waals surface area (Å²) in [4.78, 5) is 12.3. The first-order valence-electron chi connectivity index (χ1n) is 10.4. The molecule has 0 spiro atoms. The average Bonchev–Trinajstić information content (AvgIpc) is 2.74. The predicted octanol–water partition coefficient (Wildman–Crippen LogP) is 3.63. The van der Waals surface area contributed by atoms with E-state index in [1.54, 1.807) is 0 Å². The minimum Gasteiger partial charge on any atom is -0.395 e. The van der Waals surface area contributed by atoms with Gasteiger partial charge in [-0.2, -0.15) is 0 Å². The Morgan fingerprint density at radius 2 is 1.83 bits per heavy atom. The van der Waals surface area contributed by atoms with Gasteiger partial charge in [-0.15, -0.1) is 0 Å². The van der Waals surface area contributed by atoms with Crippen molar-refractivity contribution in [1.82, 2.24) is 10.6 Å². The summed E-state index contributed by atoms with van der Waals surface area (Å²) in [5.74, 6) is -0.444. The fourth-order valence-corrected chi connectivity index (χ4v) is 4.39. The van der Waals surface area contributed by atoms with Gasteiger partial charge in [0.15, 0.2) is 0 Å². The molecule has 3 N–H and O–H groups in total. The number of carbonyl (C=O) groups excluding carboxylic acids is 1. The van der Waals surface area contributed by atoms with Crippen LogP contribution in [-0.4, -0.2) is 36.2 Å². The van der Waals surface area contributed by atoms with Gasteiger partial charge in [-0.25, -0.2) is 4.39 Å². The molecule has 2 aromatic carbocycles. The zero-order valence-corrected chi connectivity index (χ0v) is 16.4. The quantitative estimate of drug-likeness (QED) is 0.701. The molecule has 0 bridgehead atoms. The molecule has 2 aromatic rings. The minimum atomic E-state index is -0.361.